The normalized spacial score (nSPS) is 18.6. The van der Waals surface area contributed by atoms with Crippen molar-refractivity contribution in [2.75, 3.05) is 7.11 Å². The lowest BCUT2D eigenvalue weighted by molar-refractivity contribution is 0.381. The lowest BCUT2D eigenvalue weighted by Gasteiger charge is -2.19. The van der Waals surface area contributed by atoms with Crippen molar-refractivity contribution in [3.05, 3.63) is 29.6 Å². The number of rotatable bonds is 5. The van der Waals surface area contributed by atoms with E-state index < -0.39 is 0 Å². The summed E-state index contributed by atoms with van der Waals surface area (Å²) in [5.74, 6) is 0.758. The van der Waals surface area contributed by atoms with Crippen LogP contribution in [0.25, 0.3) is 0 Å². The van der Waals surface area contributed by atoms with Crippen LogP contribution >= 0.6 is 0 Å². The van der Waals surface area contributed by atoms with E-state index >= 15 is 0 Å². The molecule has 2 rings (SSSR count). The first kappa shape index (κ1) is 15.3. The van der Waals surface area contributed by atoms with Crippen LogP contribution in [0, 0.1) is 11.7 Å². The van der Waals surface area contributed by atoms with Crippen molar-refractivity contribution in [1.82, 2.24) is 0 Å². The Morgan fingerprint density at radius 2 is 1.95 bits per heavy atom. The zero-order valence-electron chi connectivity index (χ0n) is 12.4. The number of hydrogen-bond acceptors (Lipinski definition) is 2. The summed E-state index contributed by atoms with van der Waals surface area (Å²) >= 11 is 0. The first-order valence-corrected chi connectivity index (χ1v) is 7.77. The summed E-state index contributed by atoms with van der Waals surface area (Å²) in [5.41, 5.74) is 7.22. The van der Waals surface area contributed by atoms with Crippen LogP contribution in [0.5, 0.6) is 5.75 Å². The van der Waals surface area contributed by atoms with Gasteiger partial charge in [-0.1, -0.05) is 44.6 Å². The highest BCUT2D eigenvalue weighted by Crippen LogP contribution is 2.27. The Hall–Kier alpha value is -1.09. The molecular formula is C17H26FNO. The van der Waals surface area contributed by atoms with Crippen molar-refractivity contribution >= 4 is 0 Å². The van der Waals surface area contributed by atoms with E-state index in [9.17, 15) is 4.39 Å². The molecule has 1 saturated carbocycles. The summed E-state index contributed by atoms with van der Waals surface area (Å²) in [6, 6.07) is 5.27. The van der Waals surface area contributed by atoms with Gasteiger partial charge < -0.3 is 10.5 Å². The largest absolute Gasteiger partial charge is 0.494 e. The van der Waals surface area contributed by atoms with E-state index in [0.29, 0.717) is 5.75 Å². The fraction of sp³-hybridized carbons (Fsp3) is 0.647. The van der Waals surface area contributed by atoms with Gasteiger partial charge in [0.15, 0.2) is 11.6 Å². The van der Waals surface area contributed by atoms with Gasteiger partial charge >= 0.3 is 0 Å². The van der Waals surface area contributed by atoms with Gasteiger partial charge in [-0.3, -0.25) is 0 Å². The Kier molecular flexibility index (Phi) is 5.84. The molecule has 20 heavy (non-hydrogen) atoms. The molecule has 0 saturated heterocycles. The minimum Gasteiger partial charge on any atom is -0.494 e. The molecule has 1 unspecified atom stereocenters. The maximum absolute atomic E-state index is 13.6. The molecule has 0 heterocycles. The maximum atomic E-state index is 13.6. The van der Waals surface area contributed by atoms with Gasteiger partial charge in [0.1, 0.15) is 0 Å². The summed E-state index contributed by atoms with van der Waals surface area (Å²) in [5, 5.41) is 0. The molecule has 1 aliphatic carbocycles. The van der Waals surface area contributed by atoms with E-state index in [1.807, 2.05) is 6.07 Å². The number of nitrogens with two attached hydrogens (primary N) is 1. The van der Waals surface area contributed by atoms with E-state index in [1.54, 1.807) is 12.1 Å². The lowest BCUT2D eigenvalue weighted by Crippen LogP contribution is -2.26. The molecule has 1 aromatic rings. The predicted molar refractivity (Wildman–Crippen MR) is 80.4 cm³/mol. The molecule has 0 radical (unpaired) electrons. The molecule has 0 aliphatic heterocycles. The Morgan fingerprint density at radius 1 is 1.25 bits per heavy atom. The first-order valence-electron chi connectivity index (χ1n) is 7.77. The SMILES string of the molecule is COc1ccc(CC(N)CC2CCCCCC2)cc1F. The topological polar surface area (TPSA) is 35.2 Å². The van der Waals surface area contributed by atoms with E-state index in [-0.39, 0.29) is 11.9 Å². The van der Waals surface area contributed by atoms with Crippen molar-refractivity contribution in [2.24, 2.45) is 11.7 Å². The van der Waals surface area contributed by atoms with E-state index in [2.05, 4.69) is 0 Å². The molecule has 1 atom stereocenters. The molecule has 0 aromatic heterocycles. The summed E-state index contributed by atoms with van der Waals surface area (Å²) < 4.78 is 18.6. The molecule has 0 spiro atoms. The van der Waals surface area contributed by atoms with Gasteiger partial charge in [0.05, 0.1) is 7.11 Å². The molecule has 112 valence electrons. The fourth-order valence-corrected chi connectivity index (χ4v) is 3.25. The van der Waals surface area contributed by atoms with E-state index in [0.717, 1.165) is 24.3 Å². The summed E-state index contributed by atoms with van der Waals surface area (Å²) in [7, 11) is 1.48. The number of halogens is 1. The number of ether oxygens (including phenoxy) is 1. The molecule has 1 aromatic carbocycles. The number of hydrogen-bond donors (Lipinski definition) is 1. The van der Waals surface area contributed by atoms with Crippen LogP contribution in [0.2, 0.25) is 0 Å². The minimum absolute atomic E-state index is 0.130. The van der Waals surface area contributed by atoms with Crippen LogP contribution in [-0.2, 0) is 6.42 Å². The average Bonchev–Trinajstić information content (AvgIpc) is 2.67. The standard InChI is InChI=1S/C17H26FNO/c1-20-17-9-8-14(12-16(17)18)11-15(19)10-13-6-4-2-3-5-7-13/h8-9,12-13,15H,2-7,10-11,19H2,1H3. The Bertz CT molecular complexity index is 413. The summed E-state index contributed by atoms with van der Waals surface area (Å²) in [6.07, 6.45) is 9.86. The molecule has 0 amide bonds. The Morgan fingerprint density at radius 3 is 2.55 bits per heavy atom. The van der Waals surface area contributed by atoms with Crippen LogP contribution < -0.4 is 10.5 Å². The number of benzene rings is 1. The highest BCUT2D eigenvalue weighted by Gasteiger charge is 2.16. The third kappa shape index (κ3) is 4.48. The van der Waals surface area contributed by atoms with Gasteiger partial charge in [-0.25, -0.2) is 4.39 Å². The predicted octanol–water partition coefficient (Wildman–Crippen LogP) is 4.06. The van der Waals surface area contributed by atoms with Crippen LogP contribution in [-0.4, -0.2) is 13.2 Å². The minimum atomic E-state index is -0.299. The van der Waals surface area contributed by atoms with E-state index in [4.69, 9.17) is 10.5 Å². The second-order valence-corrected chi connectivity index (χ2v) is 6.03. The van der Waals surface area contributed by atoms with Crippen LogP contribution in [0.3, 0.4) is 0 Å². The summed E-state index contributed by atoms with van der Waals surface area (Å²) in [4.78, 5) is 0. The van der Waals surface area contributed by atoms with Crippen molar-refractivity contribution in [3.63, 3.8) is 0 Å². The quantitative estimate of drug-likeness (QED) is 0.825. The molecule has 1 fully saturated rings. The second kappa shape index (κ2) is 7.63. The first-order chi connectivity index (χ1) is 9.69. The Labute approximate surface area is 121 Å². The molecule has 0 bridgehead atoms. The van der Waals surface area contributed by atoms with Crippen LogP contribution in [0.4, 0.5) is 4.39 Å². The third-order valence-corrected chi connectivity index (χ3v) is 4.32. The Balaban J connectivity index is 1.87. The van der Waals surface area contributed by atoms with Crippen molar-refractivity contribution in [2.45, 2.75) is 57.4 Å². The van der Waals surface area contributed by atoms with Crippen molar-refractivity contribution in [1.29, 1.82) is 0 Å². The van der Waals surface area contributed by atoms with Crippen molar-refractivity contribution in [3.8, 4) is 5.75 Å². The highest BCUT2D eigenvalue weighted by atomic mass is 19.1. The number of methoxy groups -OCH3 is 1. The van der Waals surface area contributed by atoms with Gasteiger partial charge in [-0.2, -0.15) is 0 Å². The molecule has 3 heteroatoms. The van der Waals surface area contributed by atoms with Crippen molar-refractivity contribution < 1.29 is 9.13 Å². The van der Waals surface area contributed by atoms with Gasteiger partial charge in [-0.15, -0.1) is 0 Å². The zero-order chi connectivity index (χ0) is 14.4. The molecule has 1 aliphatic rings. The zero-order valence-corrected chi connectivity index (χ0v) is 12.4. The summed E-state index contributed by atoms with van der Waals surface area (Å²) in [6.45, 7) is 0. The second-order valence-electron chi connectivity index (χ2n) is 6.03. The molecular weight excluding hydrogens is 253 g/mol. The van der Waals surface area contributed by atoms with Gasteiger partial charge in [0, 0.05) is 6.04 Å². The lowest BCUT2D eigenvalue weighted by atomic mass is 9.90. The van der Waals surface area contributed by atoms with Gasteiger partial charge in [0.2, 0.25) is 0 Å². The molecule has 2 nitrogen and oxygen atoms in total. The van der Waals surface area contributed by atoms with Gasteiger partial charge in [-0.05, 0) is 36.5 Å². The third-order valence-electron chi connectivity index (χ3n) is 4.32. The maximum Gasteiger partial charge on any atom is 0.165 e. The van der Waals surface area contributed by atoms with Gasteiger partial charge in [0.25, 0.3) is 0 Å². The van der Waals surface area contributed by atoms with E-state index in [1.165, 1.54) is 45.6 Å². The fourth-order valence-electron chi connectivity index (χ4n) is 3.25. The van der Waals surface area contributed by atoms with Crippen LogP contribution in [0.15, 0.2) is 18.2 Å². The molecule has 2 N–H and O–H groups in total. The average molecular weight is 279 g/mol. The van der Waals surface area contributed by atoms with Crippen LogP contribution in [0.1, 0.15) is 50.5 Å². The monoisotopic (exact) mass is 279 g/mol. The smallest absolute Gasteiger partial charge is 0.165 e. The highest BCUT2D eigenvalue weighted by molar-refractivity contribution is 5.29.